The first-order chi connectivity index (χ1) is 25.4. The molecule has 4 N–H and O–H groups in total. The smallest absolute Gasteiger partial charge is 0.302 e. The number of hydrogen-bond acceptors (Lipinski definition) is 12. The SMILES string of the molecule is CC(=O)O[C@@H]1C[C@@H](O)[C@@H](C)O[C@H]1C1(C)C(=O)c2cc3cc(C)c(cc4nc(cc5[nH]c(cc1n2)cc5C)C(=O)C4(C)[C@@H]1O[C@H](C)[C@H](O)C[C@H]1OC(C)=O)[nH]3. The number of esters is 2. The van der Waals surface area contributed by atoms with Crippen LogP contribution in [-0.2, 0) is 39.4 Å². The van der Waals surface area contributed by atoms with Gasteiger partial charge in [-0.3, -0.25) is 19.2 Å². The molecule has 0 saturated carbocycles. The lowest BCUT2D eigenvalue weighted by Gasteiger charge is -2.44. The molecule has 0 radical (unpaired) electrons. The summed E-state index contributed by atoms with van der Waals surface area (Å²) in [6.45, 7) is 13.1. The highest BCUT2D eigenvalue weighted by Gasteiger charge is 2.57. The van der Waals surface area contributed by atoms with E-state index in [9.17, 15) is 29.4 Å². The van der Waals surface area contributed by atoms with Crippen molar-refractivity contribution in [1.82, 2.24) is 19.9 Å². The molecule has 4 aliphatic heterocycles. The number of aromatic nitrogens is 4. The molecule has 0 amide bonds. The van der Waals surface area contributed by atoms with E-state index in [0.717, 1.165) is 11.1 Å². The predicted octanol–water partition coefficient (Wildman–Crippen LogP) is 4.15. The van der Waals surface area contributed by atoms with Gasteiger partial charge in [-0.15, -0.1) is 0 Å². The highest BCUT2D eigenvalue weighted by Crippen LogP contribution is 2.44. The first-order valence-electron chi connectivity index (χ1n) is 18.2. The molecule has 0 spiro atoms. The van der Waals surface area contributed by atoms with Crippen molar-refractivity contribution in [2.45, 2.75) is 128 Å². The monoisotopic (exact) mass is 742 g/mol. The van der Waals surface area contributed by atoms with E-state index in [-0.39, 0.29) is 35.8 Å². The summed E-state index contributed by atoms with van der Waals surface area (Å²) in [4.78, 5) is 70.1. The van der Waals surface area contributed by atoms with Gasteiger partial charge < -0.3 is 39.1 Å². The summed E-state index contributed by atoms with van der Waals surface area (Å²) >= 11 is 0. The number of aliphatic hydroxyl groups excluding tert-OH is 2. The summed E-state index contributed by atoms with van der Waals surface area (Å²) in [7, 11) is 0. The molecule has 2 fully saturated rings. The second kappa shape index (κ2) is 13.5. The number of carbonyl (C=O) groups is 4. The number of carbonyl (C=O) groups excluding carboxylic acids is 4. The van der Waals surface area contributed by atoms with E-state index < -0.39 is 71.6 Å². The zero-order valence-corrected chi connectivity index (χ0v) is 31.6. The molecule has 8 bridgehead atoms. The Bertz CT molecular complexity index is 2230. The van der Waals surface area contributed by atoms with Crippen LogP contribution in [0.15, 0.2) is 36.4 Å². The number of rotatable bonds is 4. The van der Waals surface area contributed by atoms with Crippen molar-refractivity contribution in [3.63, 3.8) is 0 Å². The van der Waals surface area contributed by atoms with Crippen LogP contribution in [0.2, 0.25) is 0 Å². The largest absolute Gasteiger partial charge is 0.460 e. The average Bonchev–Trinajstić information content (AvgIpc) is 3.76. The third-order valence-electron chi connectivity index (χ3n) is 11.5. The highest BCUT2D eigenvalue weighted by atomic mass is 16.6. The molecule has 4 aliphatic rings. The van der Waals surface area contributed by atoms with Gasteiger partial charge in [-0.2, -0.15) is 0 Å². The van der Waals surface area contributed by atoms with E-state index in [2.05, 4.69) is 9.97 Å². The van der Waals surface area contributed by atoms with Crippen LogP contribution in [0.25, 0.3) is 22.1 Å². The first-order valence-corrected chi connectivity index (χ1v) is 18.2. The molecule has 3 aromatic heterocycles. The van der Waals surface area contributed by atoms with E-state index in [1.807, 2.05) is 26.0 Å². The Morgan fingerprint density at radius 1 is 0.704 bits per heavy atom. The molecule has 54 heavy (non-hydrogen) atoms. The second-order valence-electron chi connectivity index (χ2n) is 15.5. The van der Waals surface area contributed by atoms with Gasteiger partial charge in [-0.25, -0.2) is 9.97 Å². The lowest BCUT2D eigenvalue weighted by molar-refractivity contribution is -0.197. The number of ketones is 2. The summed E-state index contributed by atoms with van der Waals surface area (Å²) in [5.41, 5.74) is 2.05. The van der Waals surface area contributed by atoms with Gasteiger partial charge in [-0.05, 0) is 89.1 Å². The number of hydrogen-bond donors (Lipinski definition) is 4. The number of nitrogens with zero attached hydrogens (tertiary/aromatic N) is 2. The van der Waals surface area contributed by atoms with Gasteiger partial charge in [-0.1, -0.05) is 0 Å². The summed E-state index contributed by atoms with van der Waals surface area (Å²) in [5.74, 6) is -1.83. The Balaban J connectivity index is 1.45. The third-order valence-corrected chi connectivity index (χ3v) is 11.5. The maximum atomic E-state index is 14.7. The van der Waals surface area contributed by atoms with Gasteiger partial charge in [0.15, 0.2) is 11.6 Å². The van der Waals surface area contributed by atoms with Crippen molar-refractivity contribution in [3.8, 4) is 0 Å². The summed E-state index contributed by atoms with van der Waals surface area (Å²) in [5, 5.41) is 21.3. The van der Waals surface area contributed by atoms with E-state index in [1.54, 1.807) is 52.0 Å². The molecule has 14 nitrogen and oxygen atoms in total. The van der Waals surface area contributed by atoms with Crippen LogP contribution in [-0.4, -0.2) is 102 Å². The molecule has 0 aliphatic carbocycles. The van der Waals surface area contributed by atoms with Crippen molar-refractivity contribution in [1.29, 1.82) is 0 Å². The van der Waals surface area contributed by atoms with Crippen molar-refractivity contribution in [2.75, 3.05) is 0 Å². The third kappa shape index (κ3) is 6.24. The number of fused-ring (bicyclic) bond motifs is 8. The zero-order chi connectivity index (χ0) is 39.0. The minimum Gasteiger partial charge on any atom is -0.460 e. The lowest BCUT2D eigenvalue weighted by atomic mass is 9.73. The molecule has 3 aromatic rings. The van der Waals surface area contributed by atoms with E-state index in [1.165, 1.54) is 13.8 Å². The van der Waals surface area contributed by atoms with Gasteiger partial charge >= 0.3 is 11.9 Å². The van der Waals surface area contributed by atoms with Crippen LogP contribution in [0.4, 0.5) is 0 Å². The number of H-pyrrole nitrogens is 2. The second-order valence-corrected chi connectivity index (χ2v) is 15.5. The van der Waals surface area contributed by atoms with Gasteiger partial charge in [0, 0.05) is 48.8 Å². The van der Waals surface area contributed by atoms with Crippen molar-refractivity contribution in [3.05, 3.63) is 70.3 Å². The predicted molar refractivity (Wildman–Crippen MR) is 195 cm³/mol. The Morgan fingerprint density at radius 3 is 1.57 bits per heavy atom. The maximum absolute atomic E-state index is 14.7. The number of nitrogens with one attached hydrogen (secondary N) is 2. The topological polar surface area (TPSA) is 203 Å². The van der Waals surface area contributed by atoms with E-state index >= 15 is 0 Å². The number of Topliss-reactive ketones (excluding diaryl/α,β-unsaturated/α-hetero) is 2. The normalized spacial score (nSPS) is 32.7. The van der Waals surface area contributed by atoms with Gasteiger partial charge in [0.05, 0.1) is 35.8 Å². The number of aromatic amines is 2. The molecule has 7 rings (SSSR count). The lowest BCUT2D eigenvalue weighted by Crippen LogP contribution is -2.57. The molecule has 10 atom stereocenters. The van der Waals surface area contributed by atoms with Crippen LogP contribution in [0, 0.1) is 13.8 Å². The number of aliphatic hydroxyl groups is 2. The fourth-order valence-corrected chi connectivity index (χ4v) is 8.28. The quantitative estimate of drug-likeness (QED) is 0.279. The minimum absolute atomic E-state index is 0.0804. The fraction of sp³-hybridized carbons (Fsp3) is 0.500. The molecule has 2 saturated heterocycles. The first kappa shape index (κ1) is 37.6. The van der Waals surface area contributed by atoms with Crippen LogP contribution in [0.3, 0.4) is 0 Å². The fourth-order valence-electron chi connectivity index (χ4n) is 8.28. The summed E-state index contributed by atoms with van der Waals surface area (Å²) < 4.78 is 23.9. The Labute approximate surface area is 311 Å². The Hall–Kier alpha value is -4.76. The van der Waals surface area contributed by atoms with Crippen LogP contribution in [0.5, 0.6) is 0 Å². The van der Waals surface area contributed by atoms with Gasteiger partial charge in [0.25, 0.3) is 0 Å². The molecular formula is C40H46N4O10. The van der Waals surface area contributed by atoms with E-state index in [4.69, 9.17) is 28.9 Å². The van der Waals surface area contributed by atoms with Crippen molar-refractivity contribution >= 4 is 45.6 Å². The van der Waals surface area contributed by atoms with Gasteiger partial charge in [0.1, 0.15) is 46.6 Å². The van der Waals surface area contributed by atoms with Crippen molar-refractivity contribution < 1.29 is 48.3 Å². The zero-order valence-electron chi connectivity index (χ0n) is 31.6. The van der Waals surface area contributed by atoms with E-state index in [0.29, 0.717) is 33.5 Å². The number of ether oxygens (including phenoxy) is 4. The molecule has 14 heteroatoms. The van der Waals surface area contributed by atoms with Crippen LogP contribution >= 0.6 is 0 Å². The molecular weight excluding hydrogens is 696 g/mol. The minimum atomic E-state index is -1.43. The van der Waals surface area contributed by atoms with Gasteiger partial charge in [0.2, 0.25) is 0 Å². The van der Waals surface area contributed by atoms with Crippen LogP contribution in [0.1, 0.15) is 97.9 Å². The Morgan fingerprint density at radius 2 is 1.11 bits per heavy atom. The molecule has 7 heterocycles. The van der Waals surface area contributed by atoms with Crippen LogP contribution < -0.4 is 0 Å². The number of aryl methyl sites for hydroxylation is 2. The maximum Gasteiger partial charge on any atom is 0.302 e. The standard InChI is InChI=1S/C40H46N4O10/c1-17-10-24-12-33-39(7,37-31(53-21(5)45)15-29(47)19(3)51-37)35(49)27(43-33)11-23-9-18(2)26(41-23)14-34-40(8,36(50)28(44-34)13-25(17)42-24)38-32(54-22(6)46)16-30(48)20(4)52-38/h9-14,19-20,29-32,37-38,41-42,47-48H,15-16H2,1-8H3/t19-,20-,29-,30-,31-,32-,37-,38-,39?,40?/m1/s1. The average molecular weight is 743 g/mol. The highest BCUT2D eigenvalue weighted by molar-refractivity contribution is 6.07. The molecule has 0 aromatic carbocycles. The van der Waals surface area contributed by atoms with Crippen molar-refractivity contribution in [2.24, 2.45) is 0 Å². The summed E-state index contributed by atoms with van der Waals surface area (Å²) in [6, 6.07) is 10.5. The molecule has 286 valence electrons. The molecule has 2 unspecified atom stereocenters. The summed E-state index contributed by atoms with van der Waals surface area (Å²) in [6.07, 6.45) is -6.74. The Kier molecular flexibility index (Phi) is 9.40.